The maximum atomic E-state index is 14.1. The molecule has 0 radical (unpaired) electrons. The molecule has 4 aromatic carbocycles. The molecule has 4 N–H and O–H groups in total. The zero-order valence-corrected chi connectivity index (χ0v) is 46.5. The van der Waals surface area contributed by atoms with Crippen molar-refractivity contribution >= 4 is 68.8 Å². The molecule has 4 heterocycles. The van der Waals surface area contributed by atoms with Gasteiger partial charge in [0.1, 0.15) is 40.6 Å². The summed E-state index contributed by atoms with van der Waals surface area (Å²) in [7, 11) is 1.65. The number of carbonyl (C=O) groups excluding carboxylic acids is 5. The number of unbranched alkanes of at least 4 members (excludes halogenated alkanes) is 3. The average Bonchev–Trinajstić information content (AvgIpc) is 4.19. The normalized spacial score (nSPS) is 16.5. The largest absolute Gasteiger partial charge is 0.495 e. The number of hydrogen-bond donors (Lipinski definition) is 4. The minimum absolute atomic E-state index is 0.137. The molecule has 2 aromatic heterocycles. The Morgan fingerprint density at radius 2 is 1.49 bits per heavy atom. The molecule has 3 fully saturated rings. The lowest BCUT2D eigenvalue weighted by atomic mass is 9.85. The van der Waals surface area contributed by atoms with E-state index < -0.39 is 40.5 Å². The third-order valence-electron chi connectivity index (χ3n) is 15.2. The monoisotopic (exact) mass is 1090 g/mol. The first kappa shape index (κ1) is 56.3. The molecular formula is C61H71FN8O8S. The van der Waals surface area contributed by atoms with Gasteiger partial charge in [0.25, 0.3) is 0 Å². The molecular weight excluding hydrogens is 1020 g/mol. The lowest BCUT2D eigenvalue weighted by Gasteiger charge is -2.35. The molecule has 5 amide bonds. The molecule has 16 nitrogen and oxygen atoms in total. The number of aromatic nitrogens is 2. The van der Waals surface area contributed by atoms with Crippen LogP contribution >= 0.6 is 11.3 Å². The van der Waals surface area contributed by atoms with Crippen molar-refractivity contribution in [2.75, 3.05) is 48.9 Å². The predicted molar refractivity (Wildman–Crippen MR) is 305 cm³/mol. The molecule has 79 heavy (non-hydrogen) atoms. The first-order valence-electron chi connectivity index (χ1n) is 27.5. The number of nitrogens with zero attached hydrogens (tertiary/aromatic N) is 4. The Balaban J connectivity index is 0.677. The maximum Gasteiger partial charge on any atom is 0.246 e. The third-order valence-corrected chi connectivity index (χ3v) is 16.2. The standard InChI is InChI=1S/C61H71FN8O8S/c1-39-54(79-38-65-39)41-15-13-40(14-16-41)37-64-56(72)49-11-10-31-70(49)57(73)55(60(2,3)4)68-53(71)12-8-6-7-9-34-77-45-26-32-69(33-27-45)50-36-48-47(35-52(50)76-5)51(25-30-63-48)78-46-23-21-44(22-24-46)67-59(75)61(28-29-61)58(74)66-43-19-17-42(62)18-20-43/h13-25,30,35-36,38,45,49,55H,6-12,26-29,31-34,37H2,1-5H3,(H,64,72)(H,66,74)(H,67,75)(H,68,71)/t49-,55+/m0/s1. The number of anilines is 3. The van der Waals surface area contributed by atoms with Crippen LogP contribution in [0.15, 0.2) is 103 Å². The number of pyridine rings is 1. The number of halogens is 1. The van der Waals surface area contributed by atoms with Gasteiger partial charge in [0.05, 0.1) is 40.5 Å². The van der Waals surface area contributed by atoms with Gasteiger partial charge < -0.3 is 45.3 Å². The topological polar surface area (TPSA) is 193 Å². The predicted octanol–water partition coefficient (Wildman–Crippen LogP) is 10.7. The number of hydrogen-bond acceptors (Lipinski definition) is 12. The molecule has 18 heteroatoms. The van der Waals surface area contributed by atoms with Crippen LogP contribution in [-0.4, -0.2) is 95.9 Å². The van der Waals surface area contributed by atoms with Crippen LogP contribution in [0.2, 0.25) is 0 Å². The van der Waals surface area contributed by atoms with Crippen molar-refractivity contribution in [3.05, 3.63) is 120 Å². The number of piperidine rings is 1. The fourth-order valence-electron chi connectivity index (χ4n) is 10.4. The summed E-state index contributed by atoms with van der Waals surface area (Å²) in [6.07, 6.45) is 9.40. The van der Waals surface area contributed by atoms with Gasteiger partial charge in [-0.2, -0.15) is 0 Å². The summed E-state index contributed by atoms with van der Waals surface area (Å²) in [5.41, 5.74) is 5.79. The number of aryl methyl sites for hydroxylation is 1. The van der Waals surface area contributed by atoms with Crippen LogP contribution in [0.1, 0.15) is 103 Å². The Labute approximate surface area is 465 Å². The van der Waals surface area contributed by atoms with E-state index in [1.807, 2.05) is 69.6 Å². The zero-order chi connectivity index (χ0) is 55.7. The van der Waals surface area contributed by atoms with Crippen molar-refractivity contribution in [2.24, 2.45) is 10.8 Å². The van der Waals surface area contributed by atoms with Gasteiger partial charge in [-0.1, -0.05) is 57.9 Å². The van der Waals surface area contributed by atoms with E-state index in [-0.39, 0.29) is 23.8 Å². The molecule has 1 aliphatic carbocycles. The Morgan fingerprint density at radius 1 is 0.810 bits per heavy atom. The fourth-order valence-corrected chi connectivity index (χ4v) is 11.2. The Kier molecular flexibility index (Phi) is 17.9. The number of rotatable bonds is 22. The van der Waals surface area contributed by atoms with E-state index in [0.717, 1.165) is 89.9 Å². The third kappa shape index (κ3) is 13.9. The number of amides is 5. The quantitative estimate of drug-likeness (QED) is 0.0373. The highest BCUT2D eigenvalue weighted by Gasteiger charge is 2.56. The average molecular weight is 1100 g/mol. The Bertz CT molecular complexity index is 3120. The number of thiazole rings is 1. The molecule has 1 saturated carbocycles. The van der Waals surface area contributed by atoms with Crippen molar-refractivity contribution in [2.45, 2.75) is 123 Å². The summed E-state index contributed by atoms with van der Waals surface area (Å²) < 4.78 is 31.9. The zero-order valence-electron chi connectivity index (χ0n) is 45.7. The van der Waals surface area contributed by atoms with Crippen LogP contribution in [0.25, 0.3) is 21.3 Å². The summed E-state index contributed by atoms with van der Waals surface area (Å²) >= 11 is 1.60. The highest BCUT2D eigenvalue weighted by Crippen LogP contribution is 2.48. The SMILES string of the molecule is COc1cc2c(Oc3ccc(NC(=O)C4(C(=O)Nc5ccc(F)cc5)CC4)cc3)ccnc2cc1N1CCC(OCCCCCCC(=O)N[C@H](C(=O)N2CCC[C@H]2C(=O)NCc2ccc(-c3scnc3C)cc2)C(C)(C)C)CC1. The summed E-state index contributed by atoms with van der Waals surface area (Å²) in [4.78, 5) is 81.2. The van der Waals surface area contributed by atoms with Gasteiger partial charge in [0, 0.05) is 62.2 Å². The van der Waals surface area contributed by atoms with Crippen LogP contribution in [-0.2, 0) is 35.3 Å². The summed E-state index contributed by atoms with van der Waals surface area (Å²) in [5, 5.41) is 12.5. The number of carbonyl (C=O) groups is 5. The van der Waals surface area contributed by atoms with Crippen LogP contribution in [0.5, 0.6) is 17.2 Å². The van der Waals surface area contributed by atoms with Gasteiger partial charge in [-0.15, -0.1) is 11.3 Å². The van der Waals surface area contributed by atoms with Gasteiger partial charge in [-0.05, 0) is 142 Å². The van der Waals surface area contributed by atoms with Crippen LogP contribution < -0.4 is 35.6 Å². The maximum absolute atomic E-state index is 14.1. The van der Waals surface area contributed by atoms with E-state index in [9.17, 15) is 28.4 Å². The smallest absolute Gasteiger partial charge is 0.246 e. The van der Waals surface area contributed by atoms with Crippen LogP contribution in [0.3, 0.4) is 0 Å². The first-order valence-corrected chi connectivity index (χ1v) is 28.3. The molecule has 3 aliphatic rings. The summed E-state index contributed by atoms with van der Waals surface area (Å²) in [6, 6.07) is 24.9. The second-order valence-corrected chi connectivity index (χ2v) is 22.8. The van der Waals surface area contributed by atoms with Crippen molar-refractivity contribution in [3.63, 3.8) is 0 Å². The molecule has 0 spiro atoms. The number of methoxy groups -OCH3 is 1. The van der Waals surface area contributed by atoms with Gasteiger partial charge in [-0.3, -0.25) is 29.0 Å². The highest BCUT2D eigenvalue weighted by atomic mass is 32.1. The van der Waals surface area contributed by atoms with Gasteiger partial charge in [0.2, 0.25) is 29.5 Å². The minimum Gasteiger partial charge on any atom is -0.495 e. The van der Waals surface area contributed by atoms with Crippen molar-refractivity contribution in [1.82, 2.24) is 25.5 Å². The number of fused-ring (bicyclic) bond motifs is 1. The van der Waals surface area contributed by atoms with Crippen molar-refractivity contribution in [1.29, 1.82) is 0 Å². The molecule has 2 atom stereocenters. The van der Waals surface area contributed by atoms with Gasteiger partial charge in [0.15, 0.2) is 0 Å². The van der Waals surface area contributed by atoms with E-state index in [1.54, 1.807) is 59.9 Å². The van der Waals surface area contributed by atoms with Crippen LogP contribution in [0.4, 0.5) is 21.5 Å². The molecule has 0 bridgehead atoms. The summed E-state index contributed by atoms with van der Waals surface area (Å²) in [5.74, 6) is 0.0358. The highest BCUT2D eigenvalue weighted by molar-refractivity contribution is 7.13. The molecule has 9 rings (SSSR count). The van der Waals surface area contributed by atoms with E-state index in [1.165, 1.54) is 24.3 Å². The Hall–Kier alpha value is -7.44. The van der Waals surface area contributed by atoms with Crippen molar-refractivity contribution in [3.8, 4) is 27.7 Å². The van der Waals surface area contributed by atoms with Gasteiger partial charge in [-0.25, -0.2) is 9.37 Å². The molecule has 416 valence electrons. The van der Waals surface area contributed by atoms with E-state index >= 15 is 0 Å². The van der Waals surface area contributed by atoms with Gasteiger partial charge >= 0.3 is 0 Å². The second kappa shape index (κ2) is 25.1. The fraction of sp³-hybridized carbons (Fsp3) is 0.426. The first-order chi connectivity index (χ1) is 38.1. The summed E-state index contributed by atoms with van der Waals surface area (Å²) in [6.45, 7) is 10.9. The van der Waals surface area contributed by atoms with Crippen LogP contribution in [0, 0.1) is 23.6 Å². The van der Waals surface area contributed by atoms with Crippen molar-refractivity contribution < 1.29 is 42.6 Å². The molecule has 2 saturated heterocycles. The molecule has 6 aromatic rings. The lowest BCUT2D eigenvalue weighted by Crippen LogP contribution is -2.57. The number of ether oxygens (including phenoxy) is 3. The number of likely N-dealkylation sites (tertiary alicyclic amines) is 1. The second-order valence-electron chi connectivity index (χ2n) is 21.9. The minimum atomic E-state index is -1.18. The number of nitrogens with one attached hydrogen (secondary N) is 4. The van der Waals surface area contributed by atoms with E-state index in [2.05, 4.69) is 36.1 Å². The molecule has 0 unspecified atom stereocenters. The van der Waals surface area contributed by atoms with E-state index in [4.69, 9.17) is 14.2 Å². The Morgan fingerprint density at radius 3 is 2.14 bits per heavy atom. The number of benzene rings is 4. The molecule has 2 aliphatic heterocycles. The lowest BCUT2D eigenvalue weighted by molar-refractivity contribution is -0.144. The van der Waals surface area contributed by atoms with E-state index in [0.29, 0.717) is 80.4 Å².